The summed E-state index contributed by atoms with van der Waals surface area (Å²) >= 11 is 0. The van der Waals surface area contributed by atoms with E-state index >= 15 is 0 Å². The lowest BCUT2D eigenvalue weighted by atomic mass is 10.1. The van der Waals surface area contributed by atoms with Crippen molar-refractivity contribution in [2.24, 2.45) is 0 Å². The molecule has 3 aromatic rings. The topological polar surface area (TPSA) is 67.1 Å². The van der Waals surface area contributed by atoms with Crippen molar-refractivity contribution < 1.29 is 4.52 Å². The Morgan fingerprint density at radius 2 is 1.96 bits per heavy atom. The monoisotopic (exact) mass is 311 g/mol. The fourth-order valence-corrected chi connectivity index (χ4v) is 2.32. The van der Waals surface area contributed by atoms with Crippen LogP contribution in [0.5, 0.6) is 0 Å². The lowest BCUT2D eigenvalue weighted by Gasteiger charge is -2.15. The van der Waals surface area contributed by atoms with E-state index in [1.54, 1.807) is 0 Å². The minimum Gasteiger partial charge on any atom is -0.363 e. The molecule has 2 aromatic heterocycles. The van der Waals surface area contributed by atoms with Crippen LogP contribution in [0.4, 0.5) is 11.8 Å². The van der Waals surface area contributed by atoms with Crippen molar-refractivity contribution in [3.05, 3.63) is 41.7 Å². The largest absolute Gasteiger partial charge is 0.363 e. The first-order chi connectivity index (χ1) is 11.0. The molecular weight excluding hydrogens is 290 g/mol. The van der Waals surface area contributed by atoms with Crippen molar-refractivity contribution in [2.75, 3.05) is 24.3 Å². The van der Waals surface area contributed by atoms with Crippen LogP contribution >= 0.6 is 0 Å². The Morgan fingerprint density at radius 1 is 1.17 bits per heavy atom. The molecule has 0 aliphatic rings. The van der Waals surface area contributed by atoms with Gasteiger partial charge in [-0.1, -0.05) is 37.2 Å². The zero-order valence-electron chi connectivity index (χ0n) is 13.9. The van der Waals surface area contributed by atoms with E-state index in [1.807, 2.05) is 51.0 Å². The maximum Gasteiger partial charge on any atom is 0.321 e. The van der Waals surface area contributed by atoms with Crippen LogP contribution in [0.15, 0.2) is 34.9 Å². The van der Waals surface area contributed by atoms with Gasteiger partial charge < -0.3 is 14.7 Å². The molecule has 0 aliphatic carbocycles. The second-order valence-electron chi connectivity index (χ2n) is 6.02. The van der Waals surface area contributed by atoms with Gasteiger partial charge in [-0.05, 0) is 17.7 Å². The summed E-state index contributed by atoms with van der Waals surface area (Å²) in [6, 6.07) is 10.6. The first-order valence-electron chi connectivity index (χ1n) is 7.68. The molecule has 120 valence electrons. The molecule has 0 radical (unpaired) electrons. The molecule has 3 rings (SSSR count). The standard InChI is InChI=1S/C17H21N5O/c1-11(2)16-20-17(23-21-16)18-10-12-9-15(22(3)4)19-14-8-6-5-7-13(12)14/h5-9,11H,10H2,1-4H3,(H,18,20,21). The molecule has 0 aliphatic heterocycles. The second-order valence-corrected chi connectivity index (χ2v) is 6.02. The van der Waals surface area contributed by atoms with Crippen molar-refractivity contribution in [1.29, 1.82) is 0 Å². The quantitative estimate of drug-likeness (QED) is 0.779. The van der Waals surface area contributed by atoms with Crippen LogP contribution in [-0.2, 0) is 6.54 Å². The van der Waals surface area contributed by atoms with Crippen molar-refractivity contribution in [1.82, 2.24) is 15.1 Å². The fraction of sp³-hybridized carbons (Fsp3) is 0.353. The van der Waals surface area contributed by atoms with Crippen LogP contribution in [0.3, 0.4) is 0 Å². The maximum atomic E-state index is 5.24. The molecule has 0 bridgehead atoms. The molecule has 0 atom stereocenters. The van der Waals surface area contributed by atoms with Gasteiger partial charge in [-0.2, -0.15) is 4.98 Å². The SMILES string of the molecule is CC(C)c1noc(NCc2cc(N(C)C)nc3ccccc23)n1. The van der Waals surface area contributed by atoms with E-state index < -0.39 is 0 Å². The van der Waals surface area contributed by atoms with E-state index in [1.165, 1.54) is 0 Å². The number of aromatic nitrogens is 3. The predicted octanol–water partition coefficient (Wildman–Crippen LogP) is 3.42. The van der Waals surface area contributed by atoms with Crippen LogP contribution in [0, 0.1) is 0 Å². The van der Waals surface area contributed by atoms with Crippen molar-refractivity contribution in [3.63, 3.8) is 0 Å². The average Bonchev–Trinajstić information content (AvgIpc) is 3.01. The van der Waals surface area contributed by atoms with E-state index in [-0.39, 0.29) is 5.92 Å². The predicted molar refractivity (Wildman–Crippen MR) is 91.8 cm³/mol. The van der Waals surface area contributed by atoms with Crippen LogP contribution in [0.2, 0.25) is 0 Å². The van der Waals surface area contributed by atoms with Gasteiger partial charge in [0.15, 0.2) is 5.82 Å². The molecule has 2 heterocycles. The highest BCUT2D eigenvalue weighted by Gasteiger charge is 2.11. The molecule has 1 N–H and O–H groups in total. The van der Waals surface area contributed by atoms with Gasteiger partial charge in [0.05, 0.1) is 5.52 Å². The van der Waals surface area contributed by atoms with Crippen LogP contribution in [-0.4, -0.2) is 29.2 Å². The number of nitrogens with zero attached hydrogens (tertiary/aromatic N) is 4. The molecule has 6 nitrogen and oxygen atoms in total. The van der Waals surface area contributed by atoms with Crippen LogP contribution < -0.4 is 10.2 Å². The van der Waals surface area contributed by atoms with E-state index in [9.17, 15) is 0 Å². The summed E-state index contributed by atoms with van der Waals surface area (Å²) in [6.45, 7) is 4.67. The Balaban J connectivity index is 1.88. The molecule has 0 amide bonds. The zero-order valence-corrected chi connectivity index (χ0v) is 13.9. The third-order valence-electron chi connectivity index (χ3n) is 3.63. The first-order valence-corrected chi connectivity index (χ1v) is 7.68. The van der Waals surface area contributed by atoms with Crippen LogP contribution in [0.25, 0.3) is 10.9 Å². The molecule has 0 saturated carbocycles. The Kier molecular flexibility index (Phi) is 4.14. The van der Waals surface area contributed by atoms with Gasteiger partial charge in [-0.25, -0.2) is 4.98 Å². The van der Waals surface area contributed by atoms with Gasteiger partial charge in [-0.15, -0.1) is 0 Å². The summed E-state index contributed by atoms with van der Waals surface area (Å²) in [4.78, 5) is 11.0. The van der Waals surface area contributed by atoms with Crippen molar-refractivity contribution in [2.45, 2.75) is 26.3 Å². The number of para-hydroxylation sites is 1. The highest BCUT2D eigenvalue weighted by atomic mass is 16.5. The fourth-order valence-electron chi connectivity index (χ4n) is 2.32. The lowest BCUT2D eigenvalue weighted by Crippen LogP contribution is -2.12. The smallest absolute Gasteiger partial charge is 0.321 e. The van der Waals surface area contributed by atoms with E-state index in [2.05, 4.69) is 32.6 Å². The van der Waals surface area contributed by atoms with E-state index in [0.29, 0.717) is 18.4 Å². The van der Waals surface area contributed by atoms with Gasteiger partial charge in [0.25, 0.3) is 0 Å². The third-order valence-corrected chi connectivity index (χ3v) is 3.63. The highest BCUT2D eigenvalue weighted by Crippen LogP contribution is 2.23. The number of pyridine rings is 1. The Labute approximate surface area is 135 Å². The number of fused-ring (bicyclic) bond motifs is 1. The average molecular weight is 311 g/mol. The van der Waals surface area contributed by atoms with E-state index in [4.69, 9.17) is 4.52 Å². The summed E-state index contributed by atoms with van der Waals surface area (Å²) in [5.74, 6) is 1.88. The second kappa shape index (κ2) is 6.24. The molecule has 1 aromatic carbocycles. The third kappa shape index (κ3) is 3.26. The van der Waals surface area contributed by atoms with Crippen molar-refractivity contribution in [3.8, 4) is 0 Å². The highest BCUT2D eigenvalue weighted by molar-refractivity contribution is 5.84. The number of hydrogen-bond acceptors (Lipinski definition) is 6. The van der Waals surface area contributed by atoms with Crippen molar-refractivity contribution >= 4 is 22.7 Å². The summed E-state index contributed by atoms with van der Waals surface area (Å²) in [5.41, 5.74) is 2.12. The summed E-state index contributed by atoms with van der Waals surface area (Å²) < 4.78 is 5.24. The molecule has 6 heteroatoms. The molecular formula is C17H21N5O. The molecule has 0 spiro atoms. The zero-order chi connectivity index (χ0) is 16.4. The van der Waals surface area contributed by atoms with Gasteiger partial charge in [-0.3, -0.25) is 0 Å². The number of hydrogen-bond donors (Lipinski definition) is 1. The van der Waals surface area contributed by atoms with Gasteiger partial charge >= 0.3 is 6.01 Å². The molecule has 0 saturated heterocycles. The first kappa shape index (κ1) is 15.3. The minimum atomic E-state index is 0.247. The lowest BCUT2D eigenvalue weighted by molar-refractivity contribution is 0.419. The number of nitrogens with one attached hydrogen (secondary N) is 1. The van der Waals surface area contributed by atoms with Crippen LogP contribution in [0.1, 0.15) is 31.2 Å². The Morgan fingerprint density at radius 3 is 2.65 bits per heavy atom. The minimum absolute atomic E-state index is 0.247. The normalized spacial score (nSPS) is 11.2. The Hall–Kier alpha value is -2.63. The van der Waals surface area contributed by atoms with Gasteiger partial charge in [0.2, 0.25) is 0 Å². The Bertz CT molecular complexity index is 810. The van der Waals surface area contributed by atoms with Gasteiger partial charge in [0, 0.05) is 31.9 Å². The number of benzene rings is 1. The summed E-state index contributed by atoms with van der Waals surface area (Å²) in [7, 11) is 3.97. The number of rotatable bonds is 5. The van der Waals surface area contributed by atoms with Gasteiger partial charge in [0.1, 0.15) is 5.82 Å². The van der Waals surface area contributed by atoms with E-state index in [0.717, 1.165) is 22.3 Å². The number of anilines is 2. The molecule has 23 heavy (non-hydrogen) atoms. The summed E-state index contributed by atoms with van der Waals surface area (Å²) in [6.07, 6.45) is 0. The maximum absolute atomic E-state index is 5.24. The summed E-state index contributed by atoms with van der Waals surface area (Å²) in [5, 5.41) is 8.29. The molecule has 0 fully saturated rings. The molecule has 0 unspecified atom stereocenters.